The van der Waals surface area contributed by atoms with Crippen LogP contribution in [0.3, 0.4) is 0 Å². The summed E-state index contributed by atoms with van der Waals surface area (Å²) < 4.78 is 5.09. The van der Waals surface area contributed by atoms with Crippen LogP contribution in [-0.2, 0) is 0 Å². The highest BCUT2D eigenvalue weighted by Gasteiger charge is 2.25. The van der Waals surface area contributed by atoms with E-state index in [1.807, 2.05) is 12.1 Å². The van der Waals surface area contributed by atoms with Crippen LogP contribution < -0.4 is 10.1 Å². The third kappa shape index (κ3) is 1.92. The normalized spacial score (nSPS) is 25.5. The summed E-state index contributed by atoms with van der Waals surface area (Å²) >= 11 is 0. The van der Waals surface area contributed by atoms with Gasteiger partial charge >= 0.3 is 0 Å². The van der Waals surface area contributed by atoms with Crippen LogP contribution in [-0.4, -0.2) is 18.8 Å². The second-order valence-corrected chi connectivity index (χ2v) is 4.20. The molecule has 1 aliphatic rings. The van der Waals surface area contributed by atoms with Gasteiger partial charge in [0.1, 0.15) is 0 Å². The first-order valence-electron chi connectivity index (χ1n) is 5.31. The molecule has 1 fully saturated rings. The molecule has 82 valence electrons. The minimum atomic E-state index is 0.259. The molecule has 2 unspecified atom stereocenters. The van der Waals surface area contributed by atoms with Crippen LogP contribution in [0.25, 0.3) is 0 Å². The summed E-state index contributed by atoms with van der Waals surface area (Å²) in [5.41, 5.74) is 0.943. The van der Waals surface area contributed by atoms with E-state index in [0.717, 1.165) is 18.5 Å². The molecule has 1 aliphatic heterocycles. The number of rotatable bonds is 2. The zero-order valence-electron chi connectivity index (χ0n) is 9.16. The summed E-state index contributed by atoms with van der Waals surface area (Å²) in [5.74, 6) is 1.49. The Bertz CT molecular complexity index is 351. The standard InChI is InChI=1S/C12H17NO2/c1-8-6-10(13-7-8)9-4-3-5-11(15-2)12(9)14/h3-5,8,10,13-14H,6-7H2,1-2H3. The second kappa shape index (κ2) is 4.11. The molecule has 1 saturated heterocycles. The highest BCUT2D eigenvalue weighted by molar-refractivity contribution is 5.47. The zero-order valence-corrected chi connectivity index (χ0v) is 9.16. The first-order valence-corrected chi connectivity index (χ1v) is 5.31. The van der Waals surface area contributed by atoms with Crippen LogP contribution in [0, 0.1) is 5.92 Å². The van der Waals surface area contributed by atoms with Crippen molar-refractivity contribution in [1.29, 1.82) is 0 Å². The molecule has 0 amide bonds. The zero-order chi connectivity index (χ0) is 10.8. The van der Waals surface area contributed by atoms with Gasteiger partial charge in [-0.25, -0.2) is 0 Å². The summed E-state index contributed by atoms with van der Waals surface area (Å²) in [4.78, 5) is 0. The van der Waals surface area contributed by atoms with E-state index in [9.17, 15) is 5.11 Å². The average Bonchev–Trinajstić information content (AvgIpc) is 2.65. The van der Waals surface area contributed by atoms with Crippen LogP contribution >= 0.6 is 0 Å². The quantitative estimate of drug-likeness (QED) is 0.780. The molecule has 3 heteroatoms. The molecule has 3 nitrogen and oxygen atoms in total. The maximum Gasteiger partial charge on any atom is 0.162 e. The Morgan fingerprint density at radius 2 is 2.27 bits per heavy atom. The molecule has 2 rings (SSSR count). The Morgan fingerprint density at radius 1 is 1.47 bits per heavy atom. The summed E-state index contributed by atoms with van der Waals surface area (Å²) in [7, 11) is 1.57. The third-order valence-electron chi connectivity index (χ3n) is 2.98. The van der Waals surface area contributed by atoms with Crippen LogP contribution in [0.5, 0.6) is 11.5 Å². The van der Waals surface area contributed by atoms with Crippen molar-refractivity contribution in [2.24, 2.45) is 5.92 Å². The number of methoxy groups -OCH3 is 1. The fraction of sp³-hybridized carbons (Fsp3) is 0.500. The topological polar surface area (TPSA) is 41.5 Å². The molecule has 1 aromatic carbocycles. The maximum absolute atomic E-state index is 9.97. The predicted molar refractivity (Wildman–Crippen MR) is 59.2 cm³/mol. The van der Waals surface area contributed by atoms with Gasteiger partial charge in [0.25, 0.3) is 0 Å². The average molecular weight is 207 g/mol. The van der Waals surface area contributed by atoms with E-state index in [1.54, 1.807) is 13.2 Å². The van der Waals surface area contributed by atoms with E-state index in [2.05, 4.69) is 12.2 Å². The number of benzene rings is 1. The van der Waals surface area contributed by atoms with Gasteiger partial charge in [-0.1, -0.05) is 19.1 Å². The smallest absolute Gasteiger partial charge is 0.162 e. The summed E-state index contributed by atoms with van der Waals surface area (Å²) in [6.45, 7) is 3.23. The molecule has 0 radical (unpaired) electrons. The Balaban J connectivity index is 2.28. The minimum absolute atomic E-state index is 0.259. The lowest BCUT2D eigenvalue weighted by Crippen LogP contribution is -2.13. The van der Waals surface area contributed by atoms with Gasteiger partial charge in [-0.3, -0.25) is 0 Å². The van der Waals surface area contributed by atoms with E-state index < -0.39 is 0 Å². The van der Waals surface area contributed by atoms with Gasteiger partial charge in [0.15, 0.2) is 11.5 Å². The van der Waals surface area contributed by atoms with E-state index in [1.165, 1.54) is 0 Å². The number of aromatic hydroxyl groups is 1. The van der Waals surface area contributed by atoms with E-state index >= 15 is 0 Å². The summed E-state index contributed by atoms with van der Waals surface area (Å²) in [6, 6.07) is 5.90. The molecule has 1 heterocycles. The Kier molecular flexibility index (Phi) is 2.82. The largest absolute Gasteiger partial charge is 0.504 e. The first-order chi connectivity index (χ1) is 7.22. The number of phenolic OH excluding ortho intramolecular Hbond substituents is 1. The van der Waals surface area contributed by atoms with Crippen LogP contribution in [0.4, 0.5) is 0 Å². The van der Waals surface area contributed by atoms with Crippen molar-refractivity contribution in [3.8, 4) is 11.5 Å². The van der Waals surface area contributed by atoms with Crippen molar-refractivity contribution in [2.75, 3.05) is 13.7 Å². The molecule has 2 N–H and O–H groups in total. The van der Waals surface area contributed by atoms with Gasteiger partial charge in [0, 0.05) is 11.6 Å². The maximum atomic E-state index is 9.97. The van der Waals surface area contributed by atoms with Gasteiger partial charge in [0.2, 0.25) is 0 Å². The number of phenols is 1. The fourth-order valence-corrected chi connectivity index (χ4v) is 2.13. The van der Waals surface area contributed by atoms with E-state index in [-0.39, 0.29) is 11.8 Å². The molecule has 0 bridgehead atoms. The van der Waals surface area contributed by atoms with Gasteiger partial charge in [-0.05, 0) is 24.9 Å². The molecule has 0 aliphatic carbocycles. The van der Waals surface area contributed by atoms with Crippen molar-refractivity contribution in [1.82, 2.24) is 5.32 Å². The van der Waals surface area contributed by atoms with Crippen molar-refractivity contribution in [3.05, 3.63) is 23.8 Å². The van der Waals surface area contributed by atoms with E-state index in [4.69, 9.17) is 4.74 Å². The molecule has 0 saturated carbocycles. The third-order valence-corrected chi connectivity index (χ3v) is 2.98. The van der Waals surface area contributed by atoms with Crippen molar-refractivity contribution in [3.63, 3.8) is 0 Å². The lowest BCUT2D eigenvalue weighted by atomic mass is 10.0. The predicted octanol–water partition coefficient (Wildman–Crippen LogP) is 2.07. The fourth-order valence-electron chi connectivity index (χ4n) is 2.13. The van der Waals surface area contributed by atoms with Crippen molar-refractivity contribution in [2.45, 2.75) is 19.4 Å². The molecule has 1 aromatic rings. The molecule has 2 atom stereocenters. The Labute approximate surface area is 90.1 Å². The van der Waals surface area contributed by atoms with Gasteiger partial charge < -0.3 is 15.2 Å². The molecule has 0 spiro atoms. The lowest BCUT2D eigenvalue weighted by molar-refractivity contribution is 0.367. The van der Waals surface area contributed by atoms with Crippen LogP contribution in [0.1, 0.15) is 24.9 Å². The van der Waals surface area contributed by atoms with Crippen LogP contribution in [0.15, 0.2) is 18.2 Å². The van der Waals surface area contributed by atoms with Gasteiger partial charge in [0.05, 0.1) is 7.11 Å². The van der Waals surface area contributed by atoms with Crippen molar-refractivity contribution < 1.29 is 9.84 Å². The number of hydrogen-bond donors (Lipinski definition) is 2. The summed E-state index contributed by atoms with van der Waals surface area (Å²) in [5, 5.41) is 13.4. The monoisotopic (exact) mass is 207 g/mol. The first kappa shape index (κ1) is 10.3. The number of hydrogen-bond acceptors (Lipinski definition) is 3. The molecule has 0 aromatic heterocycles. The number of para-hydroxylation sites is 1. The second-order valence-electron chi connectivity index (χ2n) is 4.20. The highest BCUT2D eigenvalue weighted by Crippen LogP contribution is 2.37. The molecular weight excluding hydrogens is 190 g/mol. The molecular formula is C12H17NO2. The summed E-state index contributed by atoms with van der Waals surface area (Å²) in [6.07, 6.45) is 1.07. The Morgan fingerprint density at radius 3 is 2.87 bits per heavy atom. The number of ether oxygens (including phenoxy) is 1. The van der Waals surface area contributed by atoms with Gasteiger partial charge in [-0.15, -0.1) is 0 Å². The lowest BCUT2D eigenvalue weighted by Gasteiger charge is -2.14. The van der Waals surface area contributed by atoms with Gasteiger partial charge in [-0.2, -0.15) is 0 Å². The van der Waals surface area contributed by atoms with E-state index in [0.29, 0.717) is 11.7 Å². The van der Waals surface area contributed by atoms with Crippen molar-refractivity contribution >= 4 is 0 Å². The minimum Gasteiger partial charge on any atom is -0.504 e. The number of nitrogens with one attached hydrogen (secondary N) is 1. The van der Waals surface area contributed by atoms with Crippen LogP contribution in [0.2, 0.25) is 0 Å². The Hall–Kier alpha value is -1.22. The molecule has 15 heavy (non-hydrogen) atoms. The SMILES string of the molecule is COc1cccc(C2CC(C)CN2)c1O. The highest BCUT2D eigenvalue weighted by atomic mass is 16.5.